The number of aryl methyl sites for hydroxylation is 1. The molecule has 3 aliphatic rings. The smallest absolute Gasteiger partial charge is 0.276 e. The summed E-state index contributed by atoms with van der Waals surface area (Å²) < 4.78 is 1.67. The van der Waals surface area contributed by atoms with Gasteiger partial charge in [-0.1, -0.05) is 6.42 Å². The second-order valence-corrected chi connectivity index (χ2v) is 12.0. The molecule has 200 valence electrons. The molecule has 3 aromatic heterocycles. The van der Waals surface area contributed by atoms with Gasteiger partial charge in [0, 0.05) is 19.1 Å². The first kappa shape index (κ1) is 25.0. The first-order chi connectivity index (χ1) is 18.3. The molecule has 6 rings (SSSR count). The number of nitrogens with one attached hydrogen (secondary N) is 2. The predicted octanol–water partition coefficient (Wildman–Crippen LogP) is 3.43. The Morgan fingerprint density at radius 3 is 2.58 bits per heavy atom. The highest BCUT2D eigenvalue weighted by atomic mass is 32.1. The van der Waals surface area contributed by atoms with E-state index in [1.54, 1.807) is 10.6 Å². The van der Waals surface area contributed by atoms with Crippen LogP contribution >= 0.6 is 11.3 Å². The van der Waals surface area contributed by atoms with Crippen molar-refractivity contribution in [3.05, 3.63) is 44.9 Å². The number of amides is 2. The summed E-state index contributed by atoms with van der Waals surface area (Å²) in [5.41, 5.74) is 0.634. The quantitative estimate of drug-likeness (QED) is 0.526. The molecule has 0 atom stereocenters. The van der Waals surface area contributed by atoms with Gasteiger partial charge < -0.3 is 20.4 Å². The van der Waals surface area contributed by atoms with Crippen molar-refractivity contribution in [2.75, 3.05) is 32.5 Å². The molecular formula is C27H33N7O3S. The van der Waals surface area contributed by atoms with Crippen molar-refractivity contribution in [1.29, 1.82) is 0 Å². The van der Waals surface area contributed by atoms with Crippen molar-refractivity contribution in [1.82, 2.24) is 29.7 Å². The van der Waals surface area contributed by atoms with E-state index < -0.39 is 5.66 Å². The molecule has 11 heteroatoms. The average molecular weight is 536 g/mol. The Balaban J connectivity index is 1.32. The van der Waals surface area contributed by atoms with Crippen LogP contribution in [0.3, 0.4) is 0 Å². The molecule has 0 unspecified atom stereocenters. The summed E-state index contributed by atoms with van der Waals surface area (Å²) in [6.07, 6.45) is 7.88. The van der Waals surface area contributed by atoms with E-state index in [0.29, 0.717) is 38.3 Å². The van der Waals surface area contributed by atoms with Crippen LogP contribution in [0, 0.1) is 6.92 Å². The van der Waals surface area contributed by atoms with Crippen LogP contribution in [0.15, 0.2) is 23.3 Å². The highest BCUT2D eigenvalue weighted by Gasteiger charge is 2.45. The number of fused-ring (bicyclic) bond motifs is 3. The highest BCUT2D eigenvalue weighted by molar-refractivity contribution is 7.20. The highest BCUT2D eigenvalue weighted by Crippen LogP contribution is 2.38. The summed E-state index contributed by atoms with van der Waals surface area (Å²) in [6.45, 7) is 3.31. The molecule has 1 saturated heterocycles. The molecule has 2 aliphatic heterocycles. The van der Waals surface area contributed by atoms with Crippen LogP contribution in [0.1, 0.15) is 70.7 Å². The molecule has 10 nitrogen and oxygen atoms in total. The minimum absolute atomic E-state index is 0.00780. The van der Waals surface area contributed by atoms with Crippen LogP contribution in [-0.2, 0) is 5.66 Å². The number of pyridine rings is 1. The van der Waals surface area contributed by atoms with E-state index in [9.17, 15) is 14.4 Å². The Kier molecular flexibility index (Phi) is 6.22. The molecule has 5 heterocycles. The lowest BCUT2D eigenvalue weighted by atomic mass is 9.89. The van der Waals surface area contributed by atoms with E-state index in [1.807, 2.05) is 17.9 Å². The zero-order valence-electron chi connectivity index (χ0n) is 22.0. The Bertz CT molecular complexity index is 1480. The number of likely N-dealkylation sites (tertiary alicyclic amines) is 1. The lowest BCUT2D eigenvalue weighted by Gasteiger charge is -2.35. The molecule has 1 aliphatic carbocycles. The van der Waals surface area contributed by atoms with Crippen LogP contribution in [-0.4, -0.2) is 69.4 Å². The van der Waals surface area contributed by atoms with Crippen molar-refractivity contribution in [2.45, 2.75) is 63.6 Å². The number of hydrogen-bond acceptors (Lipinski definition) is 8. The van der Waals surface area contributed by atoms with Gasteiger partial charge in [-0.2, -0.15) is 0 Å². The van der Waals surface area contributed by atoms with Crippen LogP contribution in [0.5, 0.6) is 0 Å². The molecule has 0 radical (unpaired) electrons. The number of piperidine rings is 1. The van der Waals surface area contributed by atoms with Gasteiger partial charge in [0.25, 0.3) is 17.4 Å². The van der Waals surface area contributed by atoms with Gasteiger partial charge in [0.2, 0.25) is 0 Å². The minimum Gasteiger partial charge on any atom is -0.338 e. The normalized spacial score (nSPS) is 19.3. The predicted molar refractivity (Wildman–Crippen MR) is 147 cm³/mol. The first-order valence-electron chi connectivity index (χ1n) is 13.3. The fraction of sp³-hybridized carbons (Fsp3) is 0.519. The van der Waals surface area contributed by atoms with Gasteiger partial charge in [-0.3, -0.25) is 19.0 Å². The zero-order valence-corrected chi connectivity index (χ0v) is 22.9. The number of aromatic nitrogens is 3. The van der Waals surface area contributed by atoms with Crippen LogP contribution < -0.4 is 16.2 Å². The third-order valence-electron chi connectivity index (χ3n) is 8.34. The second-order valence-electron chi connectivity index (χ2n) is 10.9. The summed E-state index contributed by atoms with van der Waals surface area (Å²) in [6, 6.07) is 4.04. The SMILES string of the molecule is Cc1cc(Nc2ncnc3sc(C(=O)N4CCC(N(C)C)CC4)cc23)c(=O)n2c1C(=O)NC21CCCCC1. The van der Waals surface area contributed by atoms with Gasteiger partial charge in [0.1, 0.15) is 34.0 Å². The van der Waals surface area contributed by atoms with Crippen LogP contribution in [0.4, 0.5) is 11.5 Å². The van der Waals surface area contributed by atoms with Crippen LogP contribution in [0.25, 0.3) is 10.2 Å². The molecule has 0 bridgehead atoms. The Hall–Kier alpha value is -3.31. The molecule has 2 N–H and O–H groups in total. The number of carbonyl (C=O) groups excluding carboxylic acids is 2. The monoisotopic (exact) mass is 535 g/mol. The summed E-state index contributed by atoms with van der Waals surface area (Å²) in [5, 5.41) is 7.05. The van der Waals surface area contributed by atoms with Gasteiger partial charge in [-0.05, 0) is 77.2 Å². The number of hydrogen-bond donors (Lipinski definition) is 2. The number of thiophene rings is 1. The number of anilines is 2. The first-order valence-corrected chi connectivity index (χ1v) is 14.2. The molecule has 2 fully saturated rings. The average Bonchev–Trinajstić information content (AvgIpc) is 3.47. The zero-order chi connectivity index (χ0) is 26.6. The minimum atomic E-state index is -0.660. The van der Waals surface area contributed by atoms with Gasteiger partial charge in [0.15, 0.2) is 0 Å². The summed E-state index contributed by atoms with van der Waals surface area (Å²) in [4.78, 5) is 54.2. The number of nitrogens with zero attached hydrogens (tertiary/aromatic N) is 5. The molecule has 2 amide bonds. The summed E-state index contributed by atoms with van der Waals surface area (Å²) in [7, 11) is 4.16. The maximum Gasteiger partial charge on any atom is 0.276 e. The third kappa shape index (κ3) is 4.08. The van der Waals surface area contributed by atoms with E-state index >= 15 is 0 Å². The third-order valence-corrected chi connectivity index (χ3v) is 9.37. The Morgan fingerprint density at radius 2 is 1.87 bits per heavy atom. The topological polar surface area (TPSA) is 112 Å². The largest absolute Gasteiger partial charge is 0.338 e. The maximum absolute atomic E-state index is 13.8. The standard InChI is InChI=1S/C27H33N7O3S/c1-16-13-19(25(36)34-21(16)23(35)31-27(34)9-5-4-6-10-27)30-22-18-14-20(38-24(18)29-15-28-22)26(37)33-11-7-17(8-12-33)32(2)3/h13-15,17H,4-12H2,1-3H3,(H,31,35)(H,28,29,30). The maximum atomic E-state index is 13.8. The number of rotatable bonds is 4. The van der Waals surface area contributed by atoms with E-state index in [-0.39, 0.29) is 17.4 Å². The number of carbonyl (C=O) groups is 2. The molecule has 0 aromatic carbocycles. The molecule has 3 aromatic rings. The van der Waals surface area contributed by atoms with E-state index in [0.717, 1.165) is 63.6 Å². The lowest BCUT2D eigenvalue weighted by molar-refractivity contribution is 0.0668. The fourth-order valence-corrected chi connectivity index (χ4v) is 7.23. The summed E-state index contributed by atoms with van der Waals surface area (Å²) >= 11 is 1.35. The Labute approximate surface area is 225 Å². The Morgan fingerprint density at radius 1 is 1.13 bits per heavy atom. The van der Waals surface area contributed by atoms with Gasteiger partial charge in [-0.25, -0.2) is 9.97 Å². The van der Waals surface area contributed by atoms with Crippen molar-refractivity contribution in [2.24, 2.45) is 0 Å². The van der Waals surface area contributed by atoms with Crippen molar-refractivity contribution >= 4 is 44.9 Å². The lowest BCUT2D eigenvalue weighted by Crippen LogP contribution is -2.48. The summed E-state index contributed by atoms with van der Waals surface area (Å²) in [5.74, 6) is 0.296. The molecule has 1 spiro atoms. The van der Waals surface area contributed by atoms with Crippen molar-refractivity contribution < 1.29 is 9.59 Å². The van der Waals surface area contributed by atoms with Gasteiger partial charge in [-0.15, -0.1) is 11.3 Å². The van der Waals surface area contributed by atoms with E-state index in [4.69, 9.17) is 0 Å². The van der Waals surface area contributed by atoms with E-state index in [2.05, 4.69) is 39.6 Å². The second kappa shape index (κ2) is 9.46. The molecule has 38 heavy (non-hydrogen) atoms. The van der Waals surface area contributed by atoms with Crippen molar-refractivity contribution in [3.63, 3.8) is 0 Å². The molecule has 1 saturated carbocycles. The van der Waals surface area contributed by atoms with Gasteiger partial charge >= 0.3 is 0 Å². The fourth-order valence-electron chi connectivity index (χ4n) is 6.26. The van der Waals surface area contributed by atoms with Crippen LogP contribution in [0.2, 0.25) is 0 Å². The van der Waals surface area contributed by atoms with E-state index in [1.165, 1.54) is 17.7 Å². The van der Waals surface area contributed by atoms with Gasteiger partial charge in [0.05, 0.1) is 10.3 Å². The molecular weight excluding hydrogens is 502 g/mol. The van der Waals surface area contributed by atoms with Crippen molar-refractivity contribution in [3.8, 4) is 0 Å².